The number of carbonyl (C=O) groups excluding carboxylic acids is 2. The lowest BCUT2D eigenvalue weighted by molar-refractivity contribution is -0.119. The van der Waals surface area contributed by atoms with Gasteiger partial charge < -0.3 is 10.4 Å². The second-order valence-corrected chi connectivity index (χ2v) is 7.76. The number of tetrazole rings is 1. The molecule has 1 atom stereocenters. The van der Waals surface area contributed by atoms with Crippen molar-refractivity contribution >= 4 is 23.7 Å². The summed E-state index contributed by atoms with van der Waals surface area (Å²) in [6.07, 6.45) is 5.30. The first-order valence-corrected chi connectivity index (χ1v) is 9.76. The van der Waals surface area contributed by atoms with E-state index in [9.17, 15) is 14.7 Å². The number of aromatic hydroxyl groups is 1. The van der Waals surface area contributed by atoms with Crippen molar-refractivity contribution in [3.05, 3.63) is 24.3 Å². The van der Waals surface area contributed by atoms with Crippen molar-refractivity contribution in [2.24, 2.45) is 0 Å². The van der Waals surface area contributed by atoms with Gasteiger partial charge >= 0.3 is 6.03 Å². The van der Waals surface area contributed by atoms with Crippen LogP contribution in [-0.2, 0) is 4.79 Å². The van der Waals surface area contributed by atoms with Gasteiger partial charge in [-0.25, -0.2) is 4.79 Å². The molecule has 9 nitrogen and oxygen atoms in total. The molecule has 3 N–H and O–H groups in total. The first-order chi connectivity index (χ1) is 13.0. The van der Waals surface area contributed by atoms with Crippen LogP contribution in [0.15, 0.2) is 29.4 Å². The zero-order valence-electron chi connectivity index (χ0n) is 15.0. The number of rotatable bonds is 5. The van der Waals surface area contributed by atoms with E-state index in [0.717, 1.165) is 37.4 Å². The Morgan fingerprint density at radius 1 is 1.22 bits per heavy atom. The molecule has 0 spiro atoms. The molecular formula is C17H22N6O3S. The molecule has 2 aromatic rings. The molecule has 1 saturated carbocycles. The SMILES string of the molecule is C[C@H](Sc1nnnn1-c1ccc(O)cc1)C(=O)NC(=O)NC1CCCCC1. The highest BCUT2D eigenvalue weighted by atomic mass is 32.2. The number of phenolic OH excluding ortho intramolecular Hbond substituents is 1. The zero-order chi connectivity index (χ0) is 19.2. The van der Waals surface area contributed by atoms with E-state index in [4.69, 9.17) is 0 Å². The highest BCUT2D eigenvalue weighted by Gasteiger charge is 2.22. The Morgan fingerprint density at radius 2 is 1.93 bits per heavy atom. The maximum atomic E-state index is 12.3. The number of hydrogen-bond acceptors (Lipinski definition) is 7. The number of thioether (sulfide) groups is 1. The van der Waals surface area contributed by atoms with E-state index in [-0.39, 0.29) is 11.8 Å². The van der Waals surface area contributed by atoms with E-state index >= 15 is 0 Å². The van der Waals surface area contributed by atoms with Gasteiger partial charge in [-0.3, -0.25) is 10.1 Å². The average Bonchev–Trinajstić information content (AvgIpc) is 3.11. The number of hydrogen-bond donors (Lipinski definition) is 3. The number of phenols is 1. The minimum atomic E-state index is -0.566. The molecule has 1 aliphatic rings. The smallest absolute Gasteiger partial charge is 0.321 e. The highest BCUT2D eigenvalue weighted by molar-refractivity contribution is 8.00. The molecule has 1 heterocycles. The summed E-state index contributed by atoms with van der Waals surface area (Å²) in [4.78, 5) is 24.3. The number of amides is 3. The standard InChI is InChI=1S/C17H22N6O3S/c1-11(15(25)19-16(26)18-12-5-3-2-4-6-12)27-17-20-21-22-23(17)13-7-9-14(24)10-8-13/h7-12,24H,2-6H2,1H3,(H2,18,19,25,26)/t11-/m0/s1. The van der Waals surface area contributed by atoms with Crippen molar-refractivity contribution in [2.45, 2.75) is 55.5 Å². The van der Waals surface area contributed by atoms with Gasteiger partial charge in [-0.2, -0.15) is 4.68 Å². The van der Waals surface area contributed by atoms with Gasteiger partial charge in [0, 0.05) is 6.04 Å². The predicted octanol–water partition coefficient (Wildman–Crippen LogP) is 2.01. The Hall–Kier alpha value is -2.62. The van der Waals surface area contributed by atoms with Crippen LogP contribution in [0, 0.1) is 0 Å². The molecular weight excluding hydrogens is 368 g/mol. The maximum Gasteiger partial charge on any atom is 0.321 e. The van der Waals surface area contributed by atoms with Crippen LogP contribution in [0.2, 0.25) is 0 Å². The summed E-state index contributed by atoms with van der Waals surface area (Å²) in [5.74, 6) is -0.272. The van der Waals surface area contributed by atoms with E-state index in [0.29, 0.717) is 10.8 Å². The van der Waals surface area contributed by atoms with Gasteiger partial charge in [-0.15, -0.1) is 5.10 Å². The Kier molecular flexibility index (Phi) is 6.28. The Morgan fingerprint density at radius 3 is 2.63 bits per heavy atom. The average molecular weight is 390 g/mol. The molecule has 1 aromatic heterocycles. The summed E-state index contributed by atoms with van der Waals surface area (Å²) >= 11 is 1.14. The molecule has 1 aromatic carbocycles. The van der Waals surface area contributed by atoms with Gasteiger partial charge in [0.05, 0.1) is 10.9 Å². The molecule has 144 valence electrons. The fourth-order valence-corrected chi connectivity index (χ4v) is 3.71. The van der Waals surface area contributed by atoms with E-state index in [1.807, 2.05) is 0 Å². The molecule has 0 unspecified atom stereocenters. The minimum Gasteiger partial charge on any atom is -0.508 e. The van der Waals surface area contributed by atoms with E-state index in [1.54, 1.807) is 19.1 Å². The molecule has 0 aliphatic heterocycles. The summed E-state index contributed by atoms with van der Waals surface area (Å²) in [6.45, 7) is 1.68. The Labute approximate surface area is 160 Å². The second kappa shape index (κ2) is 8.85. The number of nitrogens with zero attached hydrogens (tertiary/aromatic N) is 4. The summed E-state index contributed by atoms with van der Waals surface area (Å²) in [5.41, 5.74) is 0.656. The fraction of sp³-hybridized carbons (Fsp3) is 0.471. The van der Waals surface area contributed by atoms with Crippen molar-refractivity contribution in [2.75, 3.05) is 0 Å². The van der Waals surface area contributed by atoms with Crippen molar-refractivity contribution < 1.29 is 14.7 Å². The second-order valence-electron chi connectivity index (χ2n) is 6.45. The van der Waals surface area contributed by atoms with Crippen LogP contribution in [-0.4, -0.2) is 48.5 Å². The normalized spacial score (nSPS) is 15.9. The van der Waals surface area contributed by atoms with Gasteiger partial charge in [0.25, 0.3) is 0 Å². The lowest BCUT2D eigenvalue weighted by Crippen LogP contribution is -2.47. The van der Waals surface area contributed by atoms with Crippen LogP contribution < -0.4 is 10.6 Å². The lowest BCUT2D eigenvalue weighted by Gasteiger charge is -2.23. The van der Waals surface area contributed by atoms with Crippen molar-refractivity contribution in [1.29, 1.82) is 0 Å². The summed E-state index contributed by atoms with van der Waals surface area (Å²) < 4.78 is 1.47. The molecule has 0 radical (unpaired) electrons. The molecule has 3 rings (SSSR count). The van der Waals surface area contributed by atoms with Crippen LogP contribution in [0.3, 0.4) is 0 Å². The van der Waals surface area contributed by atoms with Gasteiger partial charge in [-0.05, 0) is 54.5 Å². The quantitative estimate of drug-likeness (QED) is 0.668. The predicted molar refractivity (Wildman–Crippen MR) is 99.7 cm³/mol. The van der Waals surface area contributed by atoms with Gasteiger partial charge in [-0.1, -0.05) is 31.0 Å². The largest absolute Gasteiger partial charge is 0.508 e. The Balaban J connectivity index is 1.56. The number of benzene rings is 1. The molecule has 10 heteroatoms. The van der Waals surface area contributed by atoms with Crippen LogP contribution >= 0.6 is 11.8 Å². The minimum absolute atomic E-state index is 0.135. The molecule has 0 saturated heterocycles. The summed E-state index contributed by atoms with van der Waals surface area (Å²) in [7, 11) is 0. The third-order valence-corrected chi connectivity index (χ3v) is 5.40. The van der Waals surface area contributed by atoms with Gasteiger partial charge in [0.1, 0.15) is 5.75 Å². The van der Waals surface area contributed by atoms with Crippen LogP contribution in [0.5, 0.6) is 5.75 Å². The van der Waals surface area contributed by atoms with Crippen molar-refractivity contribution in [3.63, 3.8) is 0 Å². The number of aromatic nitrogens is 4. The molecule has 0 bridgehead atoms. The monoisotopic (exact) mass is 390 g/mol. The molecule has 27 heavy (non-hydrogen) atoms. The zero-order valence-corrected chi connectivity index (χ0v) is 15.8. The molecule has 1 fully saturated rings. The number of urea groups is 1. The number of imide groups is 1. The summed E-state index contributed by atoms with van der Waals surface area (Å²) in [5, 5.41) is 26.0. The van der Waals surface area contributed by atoms with Gasteiger partial charge in [0.15, 0.2) is 0 Å². The van der Waals surface area contributed by atoms with Crippen molar-refractivity contribution in [3.8, 4) is 11.4 Å². The molecule has 1 aliphatic carbocycles. The first kappa shape index (κ1) is 19.2. The van der Waals surface area contributed by atoms with Crippen LogP contribution in [0.1, 0.15) is 39.0 Å². The van der Waals surface area contributed by atoms with E-state index in [1.165, 1.54) is 23.2 Å². The topological polar surface area (TPSA) is 122 Å². The highest BCUT2D eigenvalue weighted by Crippen LogP contribution is 2.24. The Bertz CT molecular complexity index is 788. The van der Waals surface area contributed by atoms with E-state index in [2.05, 4.69) is 26.2 Å². The fourth-order valence-electron chi connectivity index (χ4n) is 2.90. The van der Waals surface area contributed by atoms with E-state index < -0.39 is 17.2 Å². The molecule has 3 amide bonds. The maximum absolute atomic E-state index is 12.3. The summed E-state index contributed by atoms with van der Waals surface area (Å²) in [6, 6.07) is 6.05. The van der Waals surface area contributed by atoms with Crippen LogP contribution in [0.4, 0.5) is 4.79 Å². The van der Waals surface area contributed by atoms with Gasteiger partial charge in [0.2, 0.25) is 11.1 Å². The lowest BCUT2D eigenvalue weighted by atomic mass is 9.96. The number of nitrogens with one attached hydrogen (secondary N) is 2. The third kappa shape index (κ3) is 5.19. The third-order valence-electron chi connectivity index (χ3n) is 4.36. The number of carbonyl (C=O) groups is 2. The van der Waals surface area contributed by atoms with Crippen LogP contribution in [0.25, 0.3) is 5.69 Å². The first-order valence-electron chi connectivity index (χ1n) is 8.89. The van der Waals surface area contributed by atoms with Crippen molar-refractivity contribution in [1.82, 2.24) is 30.8 Å².